The highest BCUT2D eigenvalue weighted by Gasteiger charge is 2.19. The van der Waals surface area contributed by atoms with E-state index in [0.29, 0.717) is 16.2 Å². The summed E-state index contributed by atoms with van der Waals surface area (Å²) in [5, 5.41) is 1.31. The van der Waals surface area contributed by atoms with Crippen LogP contribution in [0.3, 0.4) is 0 Å². The Morgan fingerprint density at radius 1 is 1.21 bits per heavy atom. The first-order valence-corrected chi connectivity index (χ1v) is 8.24. The van der Waals surface area contributed by atoms with Crippen molar-refractivity contribution in [1.82, 2.24) is 0 Å². The Morgan fingerprint density at radius 3 is 2.58 bits per heavy atom. The van der Waals surface area contributed by atoms with Gasteiger partial charge < -0.3 is 9.15 Å². The van der Waals surface area contributed by atoms with Crippen LogP contribution < -0.4 is 5.63 Å². The van der Waals surface area contributed by atoms with E-state index in [-0.39, 0.29) is 12.0 Å². The standard InChI is InChI=1S/C18H12BrClO4/c1-23-16(21)9-14-17(10-2-5-12(20)6-3-10)13-8-11(19)4-7-15(13)24-18(14)22/h2-8H,9H2,1H3. The lowest BCUT2D eigenvalue weighted by Gasteiger charge is -2.12. The number of methoxy groups -OCH3 is 1. The Balaban J connectivity index is 2.37. The van der Waals surface area contributed by atoms with Gasteiger partial charge in [-0.3, -0.25) is 4.79 Å². The number of benzene rings is 2. The van der Waals surface area contributed by atoms with Crippen LogP contribution in [-0.4, -0.2) is 13.1 Å². The average molecular weight is 408 g/mol. The fraction of sp³-hybridized carbons (Fsp3) is 0.111. The van der Waals surface area contributed by atoms with Crippen molar-refractivity contribution < 1.29 is 13.9 Å². The summed E-state index contributed by atoms with van der Waals surface area (Å²) in [6.45, 7) is 0. The predicted octanol–water partition coefficient (Wildman–Crippen LogP) is 4.59. The average Bonchev–Trinajstić information content (AvgIpc) is 2.57. The molecule has 4 nitrogen and oxygen atoms in total. The molecule has 3 aromatic rings. The van der Waals surface area contributed by atoms with E-state index in [9.17, 15) is 9.59 Å². The summed E-state index contributed by atoms with van der Waals surface area (Å²) in [5.41, 5.74) is 1.57. The molecule has 0 saturated carbocycles. The first-order chi connectivity index (χ1) is 11.5. The molecule has 3 rings (SSSR count). The number of ether oxygens (including phenoxy) is 1. The monoisotopic (exact) mass is 406 g/mol. The summed E-state index contributed by atoms with van der Waals surface area (Å²) in [7, 11) is 1.28. The maximum absolute atomic E-state index is 12.4. The number of halogens is 2. The lowest BCUT2D eigenvalue weighted by Crippen LogP contribution is -2.16. The molecule has 0 fully saturated rings. The van der Waals surface area contributed by atoms with Crippen molar-refractivity contribution >= 4 is 44.5 Å². The highest BCUT2D eigenvalue weighted by atomic mass is 79.9. The topological polar surface area (TPSA) is 56.5 Å². The molecule has 0 amide bonds. The number of fused-ring (bicyclic) bond motifs is 1. The van der Waals surface area contributed by atoms with Gasteiger partial charge in [0.1, 0.15) is 5.58 Å². The van der Waals surface area contributed by atoms with Gasteiger partial charge in [0.2, 0.25) is 0 Å². The zero-order valence-corrected chi connectivity index (χ0v) is 15.0. The van der Waals surface area contributed by atoms with Crippen LogP contribution in [0.1, 0.15) is 5.56 Å². The van der Waals surface area contributed by atoms with E-state index in [4.69, 9.17) is 20.8 Å². The Hall–Kier alpha value is -2.11. The van der Waals surface area contributed by atoms with Gasteiger partial charge in [0.05, 0.1) is 19.1 Å². The number of carbonyl (C=O) groups excluding carboxylic acids is 1. The summed E-state index contributed by atoms with van der Waals surface area (Å²) in [6.07, 6.45) is -0.167. The van der Waals surface area contributed by atoms with Crippen LogP contribution in [0.5, 0.6) is 0 Å². The zero-order valence-electron chi connectivity index (χ0n) is 12.6. The third-order valence-corrected chi connectivity index (χ3v) is 4.39. The van der Waals surface area contributed by atoms with Crippen molar-refractivity contribution in [2.45, 2.75) is 6.42 Å². The van der Waals surface area contributed by atoms with Gasteiger partial charge in [0, 0.05) is 20.4 Å². The van der Waals surface area contributed by atoms with Gasteiger partial charge in [-0.1, -0.05) is 39.7 Å². The lowest BCUT2D eigenvalue weighted by molar-refractivity contribution is -0.139. The van der Waals surface area contributed by atoms with Crippen LogP contribution in [-0.2, 0) is 16.0 Å². The number of esters is 1. The first kappa shape index (κ1) is 16.7. The molecule has 0 aliphatic rings. The van der Waals surface area contributed by atoms with E-state index in [0.717, 1.165) is 15.4 Å². The number of hydrogen-bond donors (Lipinski definition) is 0. The van der Waals surface area contributed by atoms with Crippen LogP contribution in [0.2, 0.25) is 5.02 Å². The Kier molecular flexibility index (Phi) is 4.73. The molecule has 1 heterocycles. The minimum Gasteiger partial charge on any atom is -0.469 e. The second-order valence-electron chi connectivity index (χ2n) is 5.14. The molecule has 0 atom stereocenters. The van der Waals surface area contributed by atoms with Crippen molar-refractivity contribution in [2.75, 3.05) is 7.11 Å². The first-order valence-electron chi connectivity index (χ1n) is 7.07. The van der Waals surface area contributed by atoms with Crippen molar-refractivity contribution in [3.8, 4) is 11.1 Å². The number of hydrogen-bond acceptors (Lipinski definition) is 4. The minimum absolute atomic E-state index is 0.167. The maximum atomic E-state index is 12.4. The number of carbonyl (C=O) groups is 1. The normalized spacial score (nSPS) is 10.8. The molecule has 0 aliphatic carbocycles. The number of rotatable bonds is 3. The molecule has 0 unspecified atom stereocenters. The summed E-state index contributed by atoms with van der Waals surface area (Å²) >= 11 is 9.38. The molecular formula is C18H12BrClO4. The summed E-state index contributed by atoms with van der Waals surface area (Å²) in [5.74, 6) is -0.508. The molecule has 6 heteroatoms. The minimum atomic E-state index is -0.555. The van der Waals surface area contributed by atoms with E-state index in [1.165, 1.54) is 7.11 Å². The Bertz CT molecular complexity index is 977. The smallest absolute Gasteiger partial charge is 0.340 e. The van der Waals surface area contributed by atoms with Gasteiger partial charge in [0.15, 0.2) is 0 Å². The van der Waals surface area contributed by atoms with E-state index in [2.05, 4.69) is 15.9 Å². The fourth-order valence-corrected chi connectivity index (χ4v) is 3.02. The molecule has 0 bridgehead atoms. The van der Waals surface area contributed by atoms with Crippen molar-refractivity contribution in [2.24, 2.45) is 0 Å². The molecule has 0 aliphatic heterocycles. The molecule has 1 aromatic heterocycles. The molecule has 0 spiro atoms. The second kappa shape index (κ2) is 6.79. The van der Waals surface area contributed by atoms with Gasteiger partial charge in [-0.2, -0.15) is 0 Å². The largest absolute Gasteiger partial charge is 0.469 e. The van der Waals surface area contributed by atoms with E-state index in [1.54, 1.807) is 36.4 Å². The Morgan fingerprint density at radius 2 is 1.92 bits per heavy atom. The van der Waals surface area contributed by atoms with Gasteiger partial charge in [0.25, 0.3) is 0 Å². The molecule has 2 aromatic carbocycles. The Labute approximate surface area is 151 Å². The molecule has 0 radical (unpaired) electrons. The summed E-state index contributed by atoms with van der Waals surface area (Å²) < 4.78 is 10.9. The van der Waals surface area contributed by atoms with Crippen molar-refractivity contribution in [1.29, 1.82) is 0 Å². The molecular weight excluding hydrogens is 396 g/mol. The lowest BCUT2D eigenvalue weighted by atomic mass is 9.95. The third kappa shape index (κ3) is 3.23. The van der Waals surface area contributed by atoms with Crippen molar-refractivity contribution in [3.05, 3.63) is 67.9 Å². The van der Waals surface area contributed by atoms with Gasteiger partial charge in [-0.05, 0) is 35.9 Å². The molecule has 122 valence electrons. The summed E-state index contributed by atoms with van der Waals surface area (Å²) in [4.78, 5) is 24.2. The van der Waals surface area contributed by atoms with Crippen molar-refractivity contribution in [3.63, 3.8) is 0 Å². The van der Waals surface area contributed by atoms with E-state index in [1.807, 2.05) is 6.07 Å². The zero-order chi connectivity index (χ0) is 17.3. The quantitative estimate of drug-likeness (QED) is 0.471. The third-order valence-electron chi connectivity index (χ3n) is 3.64. The maximum Gasteiger partial charge on any atom is 0.340 e. The highest BCUT2D eigenvalue weighted by Crippen LogP contribution is 2.33. The van der Waals surface area contributed by atoms with Crippen LogP contribution >= 0.6 is 27.5 Å². The van der Waals surface area contributed by atoms with Gasteiger partial charge in [-0.25, -0.2) is 4.79 Å². The highest BCUT2D eigenvalue weighted by molar-refractivity contribution is 9.10. The van der Waals surface area contributed by atoms with Crippen LogP contribution in [0.4, 0.5) is 0 Å². The van der Waals surface area contributed by atoms with Crippen LogP contribution in [0.25, 0.3) is 22.1 Å². The van der Waals surface area contributed by atoms with Gasteiger partial charge >= 0.3 is 11.6 Å². The second-order valence-corrected chi connectivity index (χ2v) is 6.50. The molecule has 0 saturated heterocycles. The molecule has 24 heavy (non-hydrogen) atoms. The predicted molar refractivity (Wildman–Crippen MR) is 96.4 cm³/mol. The SMILES string of the molecule is COC(=O)Cc1c(-c2ccc(Cl)cc2)c2cc(Br)ccc2oc1=O. The fourth-order valence-electron chi connectivity index (χ4n) is 2.54. The molecule has 0 N–H and O–H groups in total. The van der Waals surface area contributed by atoms with Crippen LogP contribution in [0, 0.1) is 0 Å². The van der Waals surface area contributed by atoms with E-state index >= 15 is 0 Å². The van der Waals surface area contributed by atoms with Gasteiger partial charge in [-0.15, -0.1) is 0 Å². The van der Waals surface area contributed by atoms with E-state index < -0.39 is 11.6 Å². The summed E-state index contributed by atoms with van der Waals surface area (Å²) in [6, 6.07) is 12.4. The van der Waals surface area contributed by atoms with Crippen LogP contribution in [0.15, 0.2) is 56.1 Å².